The predicted molar refractivity (Wildman–Crippen MR) is 70.6 cm³/mol. The third kappa shape index (κ3) is 4.46. The Labute approximate surface area is 109 Å². The van der Waals surface area contributed by atoms with E-state index < -0.39 is 0 Å². The average Bonchev–Trinajstić information content (AvgIpc) is 3.09. The van der Waals surface area contributed by atoms with Gasteiger partial charge in [-0.1, -0.05) is 6.92 Å². The SMILES string of the molecule is COC(=O)NC1CCN(CC(C)CNC2CC2)C1. The van der Waals surface area contributed by atoms with E-state index in [9.17, 15) is 4.79 Å². The van der Waals surface area contributed by atoms with Gasteiger partial charge >= 0.3 is 6.09 Å². The van der Waals surface area contributed by atoms with Gasteiger partial charge in [-0.05, 0) is 31.7 Å². The summed E-state index contributed by atoms with van der Waals surface area (Å²) in [6.45, 7) is 6.52. The fourth-order valence-electron chi connectivity index (χ4n) is 2.50. The van der Waals surface area contributed by atoms with E-state index in [1.54, 1.807) is 0 Å². The molecule has 5 nitrogen and oxygen atoms in total. The molecule has 1 aliphatic carbocycles. The minimum atomic E-state index is -0.315. The monoisotopic (exact) mass is 255 g/mol. The van der Waals surface area contributed by atoms with Crippen LogP contribution >= 0.6 is 0 Å². The van der Waals surface area contributed by atoms with Gasteiger partial charge in [-0.3, -0.25) is 0 Å². The molecule has 2 fully saturated rings. The van der Waals surface area contributed by atoms with Crippen LogP contribution in [0.3, 0.4) is 0 Å². The number of ether oxygens (including phenoxy) is 1. The number of nitrogens with zero attached hydrogens (tertiary/aromatic N) is 1. The smallest absolute Gasteiger partial charge is 0.407 e. The molecule has 1 saturated carbocycles. The molecule has 0 radical (unpaired) electrons. The van der Waals surface area contributed by atoms with Gasteiger partial charge in [0.05, 0.1) is 7.11 Å². The first kappa shape index (κ1) is 13.6. The number of nitrogens with one attached hydrogen (secondary N) is 2. The molecule has 2 rings (SSSR count). The summed E-state index contributed by atoms with van der Waals surface area (Å²) in [5, 5.41) is 6.44. The van der Waals surface area contributed by atoms with E-state index >= 15 is 0 Å². The Bertz CT molecular complexity index is 281. The summed E-state index contributed by atoms with van der Waals surface area (Å²) in [5.74, 6) is 0.669. The summed E-state index contributed by atoms with van der Waals surface area (Å²) in [6.07, 6.45) is 3.41. The molecule has 2 N–H and O–H groups in total. The zero-order valence-electron chi connectivity index (χ0n) is 11.4. The van der Waals surface area contributed by atoms with E-state index in [4.69, 9.17) is 0 Å². The van der Waals surface area contributed by atoms with Crippen molar-refractivity contribution in [2.75, 3.05) is 33.3 Å². The zero-order valence-corrected chi connectivity index (χ0v) is 11.4. The quantitative estimate of drug-likeness (QED) is 0.737. The number of methoxy groups -OCH3 is 1. The van der Waals surface area contributed by atoms with E-state index in [1.165, 1.54) is 20.0 Å². The van der Waals surface area contributed by atoms with E-state index in [2.05, 4.69) is 27.2 Å². The molecule has 0 bridgehead atoms. The van der Waals surface area contributed by atoms with Gasteiger partial charge in [0, 0.05) is 31.7 Å². The summed E-state index contributed by atoms with van der Waals surface area (Å²) in [5.41, 5.74) is 0. The topological polar surface area (TPSA) is 53.6 Å². The van der Waals surface area contributed by atoms with Gasteiger partial charge in [0.2, 0.25) is 0 Å². The summed E-state index contributed by atoms with van der Waals surface area (Å²) in [6, 6.07) is 1.04. The number of carbonyl (C=O) groups excluding carboxylic acids is 1. The number of hydrogen-bond donors (Lipinski definition) is 2. The molecule has 2 atom stereocenters. The molecule has 0 aromatic rings. The van der Waals surface area contributed by atoms with Crippen LogP contribution in [-0.2, 0) is 4.74 Å². The highest BCUT2D eigenvalue weighted by Gasteiger charge is 2.26. The second-order valence-electron chi connectivity index (χ2n) is 5.67. The molecular weight excluding hydrogens is 230 g/mol. The first-order chi connectivity index (χ1) is 8.67. The van der Waals surface area contributed by atoms with Crippen LogP contribution < -0.4 is 10.6 Å². The van der Waals surface area contributed by atoms with Gasteiger partial charge in [0.1, 0.15) is 0 Å². The third-order valence-electron chi connectivity index (χ3n) is 3.68. The number of amides is 1. The van der Waals surface area contributed by atoms with Crippen molar-refractivity contribution in [1.29, 1.82) is 0 Å². The Morgan fingerprint density at radius 1 is 1.39 bits per heavy atom. The molecule has 1 aliphatic heterocycles. The predicted octanol–water partition coefficient (Wildman–Crippen LogP) is 0.805. The van der Waals surface area contributed by atoms with Crippen LogP contribution in [0.25, 0.3) is 0 Å². The molecule has 2 aliphatic rings. The maximum atomic E-state index is 11.1. The lowest BCUT2D eigenvalue weighted by molar-refractivity contribution is 0.166. The number of hydrogen-bond acceptors (Lipinski definition) is 4. The van der Waals surface area contributed by atoms with Crippen LogP contribution in [0, 0.1) is 5.92 Å². The molecule has 1 saturated heterocycles. The number of likely N-dealkylation sites (tertiary alicyclic amines) is 1. The lowest BCUT2D eigenvalue weighted by Crippen LogP contribution is -2.38. The van der Waals surface area contributed by atoms with Crippen molar-refractivity contribution in [1.82, 2.24) is 15.5 Å². The molecular formula is C13H25N3O2. The molecule has 0 aromatic heterocycles. The van der Waals surface area contributed by atoms with Crippen LogP contribution in [0.4, 0.5) is 4.79 Å². The molecule has 5 heteroatoms. The van der Waals surface area contributed by atoms with Gasteiger partial charge < -0.3 is 20.3 Å². The second kappa shape index (κ2) is 6.38. The highest BCUT2D eigenvalue weighted by atomic mass is 16.5. The molecule has 18 heavy (non-hydrogen) atoms. The Kier molecular flexibility index (Phi) is 4.83. The van der Waals surface area contributed by atoms with Crippen LogP contribution in [0.1, 0.15) is 26.2 Å². The number of rotatable bonds is 6. The van der Waals surface area contributed by atoms with Gasteiger partial charge in [0.15, 0.2) is 0 Å². The van der Waals surface area contributed by atoms with Crippen molar-refractivity contribution in [2.45, 2.75) is 38.3 Å². The molecule has 0 aromatic carbocycles. The maximum absolute atomic E-state index is 11.1. The summed E-state index contributed by atoms with van der Waals surface area (Å²) in [7, 11) is 1.41. The highest BCUT2D eigenvalue weighted by molar-refractivity contribution is 5.67. The fourth-order valence-corrected chi connectivity index (χ4v) is 2.50. The van der Waals surface area contributed by atoms with Crippen molar-refractivity contribution in [3.63, 3.8) is 0 Å². The van der Waals surface area contributed by atoms with Gasteiger partial charge in [-0.15, -0.1) is 0 Å². The third-order valence-corrected chi connectivity index (χ3v) is 3.68. The fraction of sp³-hybridized carbons (Fsp3) is 0.923. The van der Waals surface area contributed by atoms with E-state index in [0.717, 1.165) is 38.6 Å². The van der Waals surface area contributed by atoms with Crippen molar-refractivity contribution < 1.29 is 9.53 Å². The van der Waals surface area contributed by atoms with Crippen LogP contribution in [-0.4, -0.2) is 56.4 Å². The molecule has 1 amide bonds. The molecule has 1 heterocycles. The van der Waals surface area contributed by atoms with Crippen LogP contribution in [0.2, 0.25) is 0 Å². The van der Waals surface area contributed by atoms with Crippen molar-refractivity contribution >= 4 is 6.09 Å². The van der Waals surface area contributed by atoms with Gasteiger partial charge in [-0.2, -0.15) is 0 Å². The lowest BCUT2D eigenvalue weighted by Gasteiger charge is -2.21. The Morgan fingerprint density at radius 2 is 2.17 bits per heavy atom. The maximum Gasteiger partial charge on any atom is 0.407 e. The van der Waals surface area contributed by atoms with Crippen molar-refractivity contribution in [2.24, 2.45) is 5.92 Å². The normalized spacial score (nSPS) is 26.0. The summed E-state index contributed by atoms with van der Waals surface area (Å²) in [4.78, 5) is 13.5. The Morgan fingerprint density at radius 3 is 2.83 bits per heavy atom. The first-order valence-corrected chi connectivity index (χ1v) is 6.97. The van der Waals surface area contributed by atoms with Crippen molar-refractivity contribution in [3.8, 4) is 0 Å². The van der Waals surface area contributed by atoms with Crippen LogP contribution in [0.5, 0.6) is 0 Å². The zero-order chi connectivity index (χ0) is 13.0. The Balaban J connectivity index is 1.60. The van der Waals surface area contributed by atoms with Crippen molar-refractivity contribution in [3.05, 3.63) is 0 Å². The van der Waals surface area contributed by atoms with Crippen LogP contribution in [0.15, 0.2) is 0 Å². The summed E-state index contributed by atoms with van der Waals surface area (Å²) < 4.78 is 4.62. The standard InChI is InChI=1S/C13H25N3O2/c1-10(7-14-11-3-4-11)8-16-6-5-12(9-16)15-13(17)18-2/h10-12,14H,3-9H2,1-2H3,(H,15,17). The highest BCUT2D eigenvalue weighted by Crippen LogP contribution is 2.19. The first-order valence-electron chi connectivity index (χ1n) is 6.97. The summed E-state index contributed by atoms with van der Waals surface area (Å²) >= 11 is 0. The van der Waals surface area contributed by atoms with E-state index in [-0.39, 0.29) is 12.1 Å². The molecule has 104 valence electrons. The largest absolute Gasteiger partial charge is 0.453 e. The average molecular weight is 255 g/mol. The minimum absolute atomic E-state index is 0.251. The minimum Gasteiger partial charge on any atom is -0.453 e. The van der Waals surface area contributed by atoms with Gasteiger partial charge in [-0.25, -0.2) is 4.79 Å². The molecule has 2 unspecified atom stereocenters. The van der Waals surface area contributed by atoms with E-state index in [0.29, 0.717) is 5.92 Å². The number of alkyl carbamates (subject to hydrolysis) is 1. The van der Waals surface area contributed by atoms with E-state index in [1.807, 2.05) is 0 Å². The Hall–Kier alpha value is -0.810. The second-order valence-corrected chi connectivity index (χ2v) is 5.67. The number of carbonyl (C=O) groups is 1. The molecule has 0 spiro atoms. The lowest BCUT2D eigenvalue weighted by atomic mass is 10.1. The van der Waals surface area contributed by atoms with Gasteiger partial charge in [0.25, 0.3) is 0 Å².